The number of aromatic nitrogens is 2. The molecule has 0 radical (unpaired) electrons. The van der Waals surface area contributed by atoms with Crippen molar-refractivity contribution in [2.24, 2.45) is 11.8 Å². The Morgan fingerprint density at radius 2 is 1.61 bits per heavy atom. The average molecular weight is 254 g/mol. The van der Waals surface area contributed by atoms with Gasteiger partial charge in [0.2, 0.25) is 5.89 Å². The molecule has 0 saturated carbocycles. The predicted octanol–water partition coefficient (Wildman–Crippen LogP) is 2.47. The van der Waals surface area contributed by atoms with Crippen molar-refractivity contribution in [2.75, 3.05) is 25.0 Å². The molecule has 5 heteroatoms. The van der Waals surface area contributed by atoms with E-state index in [0.717, 1.165) is 13.1 Å². The van der Waals surface area contributed by atoms with Crippen molar-refractivity contribution in [3.63, 3.8) is 0 Å². The minimum atomic E-state index is 0.0891. The SMILES string of the molecule is CNC(C)c1nnc(N(CC(C)C)CC(C)C)o1. The number of hydrogen-bond acceptors (Lipinski definition) is 5. The summed E-state index contributed by atoms with van der Waals surface area (Å²) in [6.45, 7) is 12.7. The van der Waals surface area contributed by atoms with Crippen molar-refractivity contribution >= 4 is 6.01 Å². The van der Waals surface area contributed by atoms with Crippen LogP contribution < -0.4 is 10.2 Å². The van der Waals surface area contributed by atoms with Gasteiger partial charge in [0.15, 0.2) is 0 Å². The van der Waals surface area contributed by atoms with Crippen LogP contribution in [0.3, 0.4) is 0 Å². The number of nitrogens with zero attached hydrogens (tertiary/aromatic N) is 3. The van der Waals surface area contributed by atoms with Gasteiger partial charge in [-0.15, -0.1) is 5.10 Å². The second-order valence-electron chi connectivity index (χ2n) is 5.63. The molecule has 1 heterocycles. The molecule has 0 bridgehead atoms. The summed E-state index contributed by atoms with van der Waals surface area (Å²) in [5.74, 6) is 1.78. The fraction of sp³-hybridized carbons (Fsp3) is 0.846. The van der Waals surface area contributed by atoms with E-state index in [9.17, 15) is 0 Å². The summed E-state index contributed by atoms with van der Waals surface area (Å²) < 4.78 is 5.74. The summed E-state index contributed by atoms with van der Waals surface area (Å²) in [5.41, 5.74) is 0. The Morgan fingerprint density at radius 1 is 1.06 bits per heavy atom. The smallest absolute Gasteiger partial charge is 0.318 e. The van der Waals surface area contributed by atoms with Crippen molar-refractivity contribution in [2.45, 2.75) is 40.7 Å². The highest BCUT2D eigenvalue weighted by Crippen LogP contribution is 2.19. The zero-order chi connectivity index (χ0) is 13.7. The lowest BCUT2D eigenvalue weighted by Gasteiger charge is -2.24. The standard InChI is InChI=1S/C13H26N4O/c1-9(2)7-17(8-10(3)4)13-16-15-12(18-13)11(5)14-6/h9-11,14H,7-8H2,1-6H3. The molecule has 1 aromatic heterocycles. The van der Waals surface area contributed by atoms with E-state index in [1.165, 1.54) is 0 Å². The summed E-state index contributed by atoms with van der Waals surface area (Å²) in [6, 6.07) is 0.723. The topological polar surface area (TPSA) is 54.2 Å². The van der Waals surface area contributed by atoms with Crippen LogP contribution in [-0.2, 0) is 0 Å². The highest BCUT2D eigenvalue weighted by molar-refractivity contribution is 5.24. The number of anilines is 1. The van der Waals surface area contributed by atoms with Gasteiger partial charge in [0.05, 0.1) is 6.04 Å². The maximum absolute atomic E-state index is 5.74. The van der Waals surface area contributed by atoms with Crippen molar-refractivity contribution in [3.8, 4) is 0 Å². The summed E-state index contributed by atoms with van der Waals surface area (Å²) >= 11 is 0. The maximum Gasteiger partial charge on any atom is 0.318 e. The van der Waals surface area contributed by atoms with Crippen LogP contribution in [0.25, 0.3) is 0 Å². The van der Waals surface area contributed by atoms with Crippen molar-refractivity contribution in [3.05, 3.63) is 5.89 Å². The first-order chi connectivity index (χ1) is 8.43. The molecule has 0 saturated heterocycles. The number of hydrogen-bond donors (Lipinski definition) is 1. The third-order valence-electron chi connectivity index (χ3n) is 2.67. The lowest BCUT2D eigenvalue weighted by Crippen LogP contribution is -2.31. The minimum Gasteiger partial charge on any atom is -0.406 e. The van der Waals surface area contributed by atoms with Crippen LogP contribution in [0.2, 0.25) is 0 Å². The van der Waals surface area contributed by atoms with Crippen LogP contribution in [0, 0.1) is 11.8 Å². The Balaban J connectivity index is 2.81. The first-order valence-corrected chi connectivity index (χ1v) is 6.69. The molecule has 18 heavy (non-hydrogen) atoms. The molecule has 0 aliphatic rings. The third kappa shape index (κ3) is 4.29. The molecule has 0 aliphatic carbocycles. The molecule has 0 aliphatic heterocycles. The van der Waals surface area contributed by atoms with E-state index >= 15 is 0 Å². The van der Waals surface area contributed by atoms with Crippen LogP contribution in [0.4, 0.5) is 6.01 Å². The van der Waals surface area contributed by atoms with Crippen LogP contribution in [0.1, 0.15) is 46.6 Å². The molecule has 1 atom stereocenters. The van der Waals surface area contributed by atoms with Crippen LogP contribution in [-0.4, -0.2) is 30.3 Å². The lowest BCUT2D eigenvalue weighted by atomic mass is 10.1. The molecule has 0 aromatic carbocycles. The third-order valence-corrected chi connectivity index (χ3v) is 2.67. The van der Waals surface area contributed by atoms with E-state index in [0.29, 0.717) is 23.7 Å². The van der Waals surface area contributed by atoms with Gasteiger partial charge < -0.3 is 14.6 Å². The van der Waals surface area contributed by atoms with E-state index in [1.807, 2.05) is 14.0 Å². The Kier molecular flexibility index (Phi) is 5.59. The largest absolute Gasteiger partial charge is 0.406 e. The van der Waals surface area contributed by atoms with Crippen molar-refractivity contribution < 1.29 is 4.42 Å². The minimum absolute atomic E-state index is 0.0891. The monoisotopic (exact) mass is 254 g/mol. The Bertz CT molecular complexity index is 339. The van der Waals surface area contributed by atoms with Gasteiger partial charge in [-0.2, -0.15) is 0 Å². The Morgan fingerprint density at radius 3 is 2.06 bits per heavy atom. The van der Waals surface area contributed by atoms with Gasteiger partial charge in [0.25, 0.3) is 0 Å². The van der Waals surface area contributed by atoms with E-state index in [4.69, 9.17) is 4.42 Å². The molecular formula is C13H26N4O. The van der Waals surface area contributed by atoms with Gasteiger partial charge in [-0.05, 0) is 25.8 Å². The molecule has 0 spiro atoms. The average Bonchev–Trinajstić information content (AvgIpc) is 2.75. The van der Waals surface area contributed by atoms with E-state index in [2.05, 4.69) is 48.1 Å². The molecule has 1 rings (SSSR count). The highest BCUT2D eigenvalue weighted by atomic mass is 16.4. The molecule has 1 N–H and O–H groups in total. The van der Waals surface area contributed by atoms with Crippen molar-refractivity contribution in [1.82, 2.24) is 15.5 Å². The first-order valence-electron chi connectivity index (χ1n) is 6.69. The van der Waals surface area contributed by atoms with Gasteiger partial charge >= 0.3 is 6.01 Å². The molecule has 0 fully saturated rings. The van der Waals surface area contributed by atoms with Crippen LogP contribution in [0.15, 0.2) is 4.42 Å². The summed E-state index contributed by atoms with van der Waals surface area (Å²) in [5, 5.41) is 11.4. The number of nitrogens with one attached hydrogen (secondary N) is 1. The van der Waals surface area contributed by atoms with E-state index in [-0.39, 0.29) is 6.04 Å². The normalized spacial score (nSPS) is 13.3. The Labute approximate surface area is 110 Å². The second kappa shape index (κ2) is 6.73. The first kappa shape index (κ1) is 15.0. The zero-order valence-corrected chi connectivity index (χ0v) is 12.4. The molecule has 1 unspecified atom stereocenters. The fourth-order valence-electron chi connectivity index (χ4n) is 1.76. The molecule has 104 valence electrons. The van der Waals surface area contributed by atoms with E-state index < -0.39 is 0 Å². The summed E-state index contributed by atoms with van der Waals surface area (Å²) in [6.07, 6.45) is 0. The molecule has 0 amide bonds. The number of rotatable bonds is 7. The second-order valence-corrected chi connectivity index (χ2v) is 5.63. The zero-order valence-electron chi connectivity index (χ0n) is 12.4. The van der Waals surface area contributed by atoms with Crippen LogP contribution >= 0.6 is 0 Å². The van der Waals surface area contributed by atoms with Gasteiger partial charge in [-0.1, -0.05) is 32.8 Å². The predicted molar refractivity (Wildman–Crippen MR) is 73.7 cm³/mol. The quantitative estimate of drug-likeness (QED) is 0.810. The summed E-state index contributed by atoms with van der Waals surface area (Å²) in [4.78, 5) is 2.17. The lowest BCUT2D eigenvalue weighted by molar-refractivity contribution is 0.417. The van der Waals surface area contributed by atoms with Gasteiger partial charge in [0, 0.05) is 13.1 Å². The van der Waals surface area contributed by atoms with Crippen molar-refractivity contribution in [1.29, 1.82) is 0 Å². The maximum atomic E-state index is 5.74. The Hall–Kier alpha value is -1.10. The van der Waals surface area contributed by atoms with Gasteiger partial charge in [-0.3, -0.25) is 0 Å². The fourth-order valence-corrected chi connectivity index (χ4v) is 1.76. The highest BCUT2D eigenvalue weighted by Gasteiger charge is 2.18. The molecular weight excluding hydrogens is 228 g/mol. The van der Waals surface area contributed by atoms with E-state index in [1.54, 1.807) is 0 Å². The summed E-state index contributed by atoms with van der Waals surface area (Å²) in [7, 11) is 1.88. The van der Waals surface area contributed by atoms with Gasteiger partial charge in [0.1, 0.15) is 0 Å². The molecule has 5 nitrogen and oxygen atoms in total. The molecule has 1 aromatic rings. The van der Waals surface area contributed by atoms with Crippen LogP contribution in [0.5, 0.6) is 0 Å². The van der Waals surface area contributed by atoms with Gasteiger partial charge in [-0.25, -0.2) is 0 Å².